The van der Waals surface area contributed by atoms with Crippen LogP contribution >= 0.6 is 24.0 Å². The molecule has 5 heteroatoms. The molecule has 0 unspecified atom stereocenters. The largest absolute Gasteiger partial charge is 0.319 e. The highest BCUT2D eigenvalue weighted by molar-refractivity contribution is 6.31. The zero-order valence-corrected chi connectivity index (χ0v) is 8.96. The maximum absolute atomic E-state index is 13.1. The highest BCUT2D eigenvalue weighted by Gasteiger charge is 2.36. The van der Waals surface area contributed by atoms with Gasteiger partial charge in [-0.1, -0.05) is 23.7 Å². The van der Waals surface area contributed by atoms with Crippen LogP contribution in [0.5, 0.6) is 0 Å². The summed E-state index contributed by atoms with van der Waals surface area (Å²) in [4.78, 5) is 0. The molecule has 0 spiro atoms. The average Bonchev–Trinajstić information content (AvgIpc) is 2.06. The van der Waals surface area contributed by atoms with Crippen LogP contribution in [0.25, 0.3) is 0 Å². The molecule has 1 aromatic rings. The number of halogens is 3. The van der Waals surface area contributed by atoms with Gasteiger partial charge in [-0.05, 0) is 11.6 Å². The summed E-state index contributed by atoms with van der Waals surface area (Å²) in [6.45, 7) is 1.30. The van der Waals surface area contributed by atoms with Crippen molar-refractivity contribution in [3.63, 3.8) is 0 Å². The van der Waals surface area contributed by atoms with Crippen molar-refractivity contribution in [2.75, 3.05) is 13.1 Å². The number of hydrogen-bond donors (Lipinski definition) is 2. The monoisotopic (exact) mass is 236 g/mol. The molecule has 1 heterocycles. The van der Waals surface area contributed by atoms with Gasteiger partial charge < -0.3 is 11.1 Å². The lowest BCUT2D eigenvalue weighted by atomic mass is 9.85. The van der Waals surface area contributed by atoms with E-state index in [1.165, 1.54) is 6.07 Å². The molecule has 0 bridgehead atoms. The lowest BCUT2D eigenvalue weighted by Gasteiger charge is -2.40. The fraction of sp³-hybridized carbons (Fsp3) is 0.333. The summed E-state index contributed by atoms with van der Waals surface area (Å²) < 4.78 is 13.1. The van der Waals surface area contributed by atoms with Gasteiger partial charge in [-0.15, -0.1) is 12.4 Å². The van der Waals surface area contributed by atoms with Crippen LogP contribution in [-0.2, 0) is 5.54 Å². The molecule has 14 heavy (non-hydrogen) atoms. The van der Waals surface area contributed by atoms with Gasteiger partial charge >= 0.3 is 0 Å². The van der Waals surface area contributed by atoms with Gasteiger partial charge in [0.05, 0.1) is 10.6 Å². The van der Waals surface area contributed by atoms with Crippen molar-refractivity contribution < 1.29 is 4.39 Å². The zero-order valence-electron chi connectivity index (χ0n) is 7.39. The van der Waals surface area contributed by atoms with Gasteiger partial charge in [0.15, 0.2) is 0 Å². The summed E-state index contributed by atoms with van der Waals surface area (Å²) in [5.74, 6) is -0.407. The highest BCUT2D eigenvalue weighted by Crippen LogP contribution is 2.30. The van der Waals surface area contributed by atoms with Crippen LogP contribution in [0.1, 0.15) is 5.56 Å². The van der Waals surface area contributed by atoms with E-state index < -0.39 is 11.4 Å². The van der Waals surface area contributed by atoms with Crippen molar-refractivity contribution in [1.29, 1.82) is 0 Å². The molecule has 0 aliphatic carbocycles. The Morgan fingerprint density at radius 1 is 1.43 bits per heavy atom. The van der Waals surface area contributed by atoms with E-state index in [2.05, 4.69) is 5.32 Å². The molecule has 0 aromatic heterocycles. The van der Waals surface area contributed by atoms with E-state index in [9.17, 15) is 4.39 Å². The third-order valence-corrected chi connectivity index (χ3v) is 2.75. The Kier molecular flexibility index (Phi) is 3.37. The predicted octanol–water partition coefficient (Wildman–Crippen LogP) is 1.66. The van der Waals surface area contributed by atoms with Gasteiger partial charge in [-0.3, -0.25) is 0 Å². The summed E-state index contributed by atoms with van der Waals surface area (Å²) in [6, 6.07) is 4.73. The quantitative estimate of drug-likeness (QED) is 0.779. The summed E-state index contributed by atoms with van der Waals surface area (Å²) in [7, 11) is 0. The van der Waals surface area contributed by atoms with Crippen LogP contribution in [0, 0.1) is 5.82 Å². The van der Waals surface area contributed by atoms with Crippen molar-refractivity contribution in [1.82, 2.24) is 5.32 Å². The average molecular weight is 237 g/mol. The first kappa shape index (κ1) is 11.7. The Balaban J connectivity index is 0.000000980. The number of benzene rings is 1. The molecule has 1 aromatic carbocycles. The molecule has 1 saturated heterocycles. The first-order valence-corrected chi connectivity index (χ1v) is 4.45. The molecule has 1 fully saturated rings. The van der Waals surface area contributed by atoms with Crippen LogP contribution in [0.4, 0.5) is 4.39 Å². The van der Waals surface area contributed by atoms with Crippen molar-refractivity contribution in [3.05, 3.63) is 34.6 Å². The first-order chi connectivity index (χ1) is 6.13. The molecular formula is C9H11Cl2FN2. The Hall–Kier alpha value is -0.350. The molecule has 2 nitrogen and oxygen atoms in total. The molecule has 0 amide bonds. The highest BCUT2D eigenvalue weighted by atomic mass is 35.5. The topological polar surface area (TPSA) is 38.0 Å². The lowest BCUT2D eigenvalue weighted by Crippen LogP contribution is -2.62. The van der Waals surface area contributed by atoms with Crippen LogP contribution in [0.2, 0.25) is 5.02 Å². The van der Waals surface area contributed by atoms with Crippen molar-refractivity contribution >= 4 is 24.0 Å². The molecule has 3 N–H and O–H groups in total. The smallest absolute Gasteiger partial charge is 0.142 e. The van der Waals surface area contributed by atoms with Gasteiger partial charge in [0.1, 0.15) is 5.82 Å². The number of rotatable bonds is 1. The van der Waals surface area contributed by atoms with E-state index in [4.69, 9.17) is 17.3 Å². The second kappa shape index (κ2) is 4.03. The van der Waals surface area contributed by atoms with E-state index in [1.54, 1.807) is 12.1 Å². The Labute approximate surface area is 93.0 Å². The molecular weight excluding hydrogens is 226 g/mol. The van der Waals surface area contributed by atoms with Gasteiger partial charge in [-0.2, -0.15) is 0 Å². The standard InChI is InChI=1S/C9H10ClFN2.ClH/c10-8-6(2-1-3-7(8)11)9(12)4-13-5-9;/h1-3,13H,4-5,12H2;1H. The lowest BCUT2D eigenvalue weighted by molar-refractivity contribution is 0.286. The minimum Gasteiger partial charge on any atom is -0.319 e. The van der Waals surface area contributed by atoms with E-state index in [1.807, 2.05) is 0 Å². The summed E-state index contributed by atoms with van der Waals surface area (Å²) >= 11 is 5.81. The molecule has 0 atom stereocenters. The molecule has 0 radical (unpaired) electrons. The molecule has 2 rings (SSSR count). The fourth-order valence-corrected chi connectivity index (χ4v) is 1.79. The van der Waals surface area contributed by atoms with E-state index in [0.717, 1.165) is 0 Å². The summed E-state index contributed by atoms with van der Waals surface area (Å²) in [6.07, 6.45) is 0. The zero-order chi connectivity index (χ0) is 9.47. The third-order valence-electron chi connectivity index (χ3n) is 2.37. The minimum absolute atomic E-state index is 0. The minimum atomic E-state index is -0.487. The Morgan fingerprint density at radius 2 is 2.07 bits per heavy atom. The van der Waals surface area contributed by atoms with E-state index >= 15 is 0 Å². The maximum Gasteiger partial charge on any atom is 0.142 e. The number of hydrogen-bond acceptors (Lipinski definition) is 2. The van der Waals surface area contributed by atoms with Gasteiger partial charge in [0, 0.05) is 13.1 Å². The Morgan fingerprint density at radius 3 is 2.57 bits per heavy atom. The van der Waals surface area contributed by atoms with Crippen LogP contribution in [0.15, 0.2) is 18.2 Å². The van der Waals surface area contributed by atoms with Gasteiger partial charge in [0.25, 0.3) is 0 Å². The third kappa shape index (κ3) is 1.73. The van der Waals surface area contributed by atoms with Crippen molar-refractivity contribution in [2.24, 2.45) is 5.73 Å². The normalized spacial score (nSPS) is 18.2. The van der Waals surface area contributed by atoms with Crippen molar-refractivity contribution in [3.8, 4) is 0 Å². The van der Waals surface area contributed by atoms with Crippen molar-refractivity contribution in [2.45, 2.75) is 5.54 Å². The molecule has 0 saturated carbocycles. The Bertz CT molecular complexity index is 340. The van der Waals surface area contributed by atoms with Gasteiger partial charge in [-0.25, -0.2) is 4.39 Å². The molecule has 1 aliphatic rings. The number of nitrogens with one attached hydrogen (secondary N) is 1. The van der Waals surface area contributed by atoms with Gasteiger partial charge in [0.2, 0.25) is 0 Å². The fourth-order valence-electron chi connectivity index (χ4n) is 1.47. The SMILES string of the molecule is Cl.NC1(c2cccc(F)c2Cl)CNC1. The summed E-state index contributed by atoms with van der Waals surface area (Å²) in [5.41, 5.74) is 6.18. The maximum atomic E-state index is 13.1. The number of nitrogens with two attached hydrogens (primary N) is 1. The predicted molar refractivity (Wildman–Crippen MR) is 57.4 cm³/mol. The van der Waals surface area contributed by atoms with Crippen LogP contribution < -0.4 is 11.1 Å². The first-order valence-electron chi connectivity index (χ1n) is 4.07. The second-order valence-corrected chi connectivity index (χ2v) is 3.74. The summed E-state index contributed by atoms with van der Waals surface area (Å²) in [5, 5.41) is 3.19. The van der Waals surface area contributed by atoms with Crippen LogP contribution in [-0.4, -0.2) is 13.1 Å². The van der Waals surface area contributed by atoms with E-state index in [0.29, 0.717) is 18.7 Å². The second-order valence-electron chi connectivity index (χ2n) is 3.36. The molecule has 1 aliphatic heterocycles. The molecule has 78 valence electrons. The van der Waals surface area contributed by atoms with E-state index in [-0.39, 0.29) is 17.4 Å². The van der Waals surface area contributed by atoms with Crippen LogP contribution in [0.3, 0.4) is 0 Å².